The van der Waals surface area contributed by atoms with Crippen molar-refractivity contribution in [3.8, 4) is 0 Å². The molecule has 1 saturated carbocycles. The normalized spacial score (nSPS) is 35.3. The highest BCUT2D eigenvalue weighted by Gasteiger charge is 2.42. The Morgan fingerprint density at radius 2 is 2.00 bits per heavy atom. The van der Waals surface area contributed by atoms with Crippen molar-refractivity contribution in [2.45, 2.75) is 54.6 Å². The van der Waals surface area contributed by atoms with Gasteiger partial charge in [0.1, 0.15) is 12.1 Å². The van der Waals surface area contributed by atoms with E-state index >= 15 is 0 Å². The lowest BCUT2D eigenvalue weighted by Crippen LogP contribution is -2.50. The minimum atomic E-state index is -0.776. The number of tetrazole rings is 1. The van der Waals surface area contributed by atoms with Crippen molar-refractivity contribution in [1.82, 2.24) is 30.4 Å². The smallest absolute Gasteiger partial charge is 0.320 e. The van der Waals surface area contributed by atoms with Gasteiger partial charge >= 0.3 is 11.9 Å². The number of likely N-dealkylation sites (tertiary alicyclic amines) is 1. The van der Waals surface area contributed by atoms with E-state index in [0.29, 0.717) is 42.3 Å². The molecule has 160 valence electrons. The first-order valence-corrected chi connectivity index (χ1v) is 11.1. The van der Waals surface area contributed by atoms with E-state index in [4.69, 9.17) is 0 Å². The summed E-state index contributed by atoms with van der Waals surface area (Å²) in [5.74, 6) is -0.169. The number of hydrogen-bond donors (Lipinski definition) is 3. The Bertz CT molecular complexity index is 760. The molecule has 6 atom stereocenters. The van der Waals surface area contributed by atoms with Gasteiger partial charge in [0.2, 0.25) is 5.16 Å². The van der Waals surface area contributed by atoms with E-state index in [1.165, 1.54) is 16.6 Å². The molecule has 11 heteroatoms. The summed E-state index contributed by atoms with van der Waals surface area (Å²) in [5.41, 5.74) is 0. The van der Waals surface area contributed by atoms with Crippen molar-refractivity contribution in [2.75, 3.05) is 19.6 Å². The van der Waals surface area contributed by atoms with Crippen LogP contribution >= 0.6 is 11.8 Å². The zero-order valence-corrected chi connectivity index (χ0v) is 17.3. The second kappa shape index (κ2) is 8.57. The Hall–Kier alpha value is -1.72. The molecule has 2 aliphatic heterocycles. The van der Waals surface area contributed by atoms with E-state index in [1.807, 2.05) is 0 Å². The Kier molecular flexibility index (Phi) is 6.07. The molecule has 2 saturated heterocycles. The van der Waals surface area contributed by atoms with Crippen LogP contribution in [0.5, 0.6) is 0 Å². The molecule has 6 unspecified atom stereocenters. The van der Waals surface area contributed by atoms with Gasteiger partial charge in [0, 0.05) is 18.3 Å². The molecule has 10 nitrogen and oxygen atoms in total. The number of fused-ring (bicyclic) bond motifs is 1. The third kappa shape index (κ3) is 4.72. The molecule has 0 aromatic carbocycles. The number of carboxylic acid groups (broad SMARTS) is 2. The van der Waals surface area contributed by atoms with Crippen LogP contribution in [-0.2, 0) is 16.6 Å². The number of nitrogens with zero attached hydrogens (tertiary/aromatic N) is 5. The molecule has 29 heavy (non-hydrogen) atoms. The van der Waals surface area contributed by atoms with E-state index in [-0.39, 0.29) is 5.25 Å². The largest absolute Gasteiger partial charge is 0.480 e. The number of aromatic nitrogens is 4. The Morgan fingerprint density at radius 3 is 2.69 bits per heavy atom. The molecule has 0 bridgehead atoms. The second-order valence-electron chi connectivity index (χ2n) is 8.58. The van der Waals surface area contributed by atoms with Crippen LogP contribution < -0.4 is 5.32 Å². The summed E-state index contributed by atoms with van der Waals surface area (Å²) >= 11 is 1.50. The van der Waals surface area contributed by atoms with Crippen LogP contribution in [-0.4, -0.2) is 84.2 Å². The monoisotopic (exact) mass is 424 g/mol. The summed E-state index contributed by atoms with van der Waals surface area (Å²) in [6, 6.07) is -0.935. The summed E-state index contributed by atoms with van der Waals surface area (Å²) in [6.07, 6.45) is 4.40. The number of rotatable bonds is 6. The summed E-state index contributed by atoms with van der Waals surface area (Å²) in [7, 11) is 1.71. The quantitative estimate of drug-likeness (QED) is 0.586. The minimum Gasteiger partial charge on any atom is -0.480 e. The van der Waals surface area contributed by atoms with E-state index in [2.05, 4.69) is 25.6 Å². The molecule has 0 spiro atoms. The SMILES string of the molecule is Cn1nnc(SC2CC(C(=O)O)N(CC3CCC4CNC(C(=O)O)CC4C3)C2)n1. The average molecular weight is 425 g/mol. The molecular weight excluding hydrogens is 396 g/mol. The van der Waals surface area contributed by atoms with Crippen LogP contribution in [0.3, 0.4) is 0 Å². The predicted octanol–water partition coefficient (Wildman–Crippen LogP) is 0.309. The predicted molar refractivity (Wildman–Crippen MR) is 104 cm³/mol. The van der Waals surface area contributed by atoms with E-state index in [1.54, 1.807) is 7.05 Å². The topological polar surface area (TPSA) is 133 Å². The molecule has 0 radical (unpaired) electrons. The fraction of sp³-hybridized carbons (Fsp3) is 0.833. The third-order valence-electron chi connectivity index (χ3n) is 6.62. The maximum absolute atomic E-state index is 11.8. The van der Waals surface area contributed by atoms with Gasteiger partial charge in [-0.15, -0.1) is 10.2 Å². The number of carbonyl (C=O) groups is 2. The molecular formula is C18H28N6O4S. The Balaban J connectivity index is 1.35. The van der Waals surface area contributed by atoms with Crippen molar-refractivity contribution in [2.24, 2.45) is 24.8 Å². The molecule has 3 aliphatic rings. The number of thioether (sulfide) groups is 1. The highest BCUT2D eigenvalue weighted by atomic mass is 32.2. The fourth-order valence-corrected chi connectivity index (χ4v) is 6.31. The molecule has 3 fully saturated rings. The summed E-state index contributed by atoms with van der Waals surface area (Å²) in [4.78, 5) is 26.7. The first-order valence-electron chi connectivity index (χ1n) is 10.2. The van der Waals surface area contributed by atoms with Gasteiger partial charge in [-0.3, -0.25) is 14.5 Å². The third-order valence-corrected chi connectivity index (χ3v) is 7.67. The lowest BCUT2D eigenvalue weighted by molar-refractivity contribution is -0.143. The molecule has 0 amide bonds. The van der Waals surface area contributed by atoms with Crippen LogP contribution in [0.25, 0.3) is 0 Å². The van der Waals surface area contributed by atoms with Crippen molar-refractivity contribution < 1.29 is 19.8 Å². The summed E-state index contributed by atoms with van der Waals surface area (Å²) < 4.78 is 0. The van der Waals surface area contributed by atoms with Crippen molar-refractivity contribution >= 4 is 23.7 Å². The van der Waals surface area contributed by atoms with Crippen LogP contribution in [0.4, 0.5) is 0 Å². The molecule has 1 aromatic heterocycles. The van der Waals surface area contributed by atoms with Crippen LogP contribution in [0.2, 0.25) is 0 Å². The van der Waals surface area contributed by atoms with Gasteiger partial charge in [-0.05, 0) is 61.6 Å². The van der Waals surface area contributed by atoms with Gasteiger partial charge in [-0.25, -0.2) is 0 Å². The van der Waals surface area contributed by atoms with E-state index in [0.717, 1.165) is 32.4 Å². The van der Waals surface area contributed by atoms with Gasteiger partial charge in [0.05, 0.1) is 7.05 Å². The van der Waals surface area contributed by atoms with Gasteiger partial charge in [-0.2, -0.15) is 4.80 Å². The summed E-state index contributed by atoms with van der Waals surface area (Å²) in [5, 5.41) is 34.9. The molecule has 4 rings (SSSR count). The van der Waals surface area contributed by atoms with E-state index in [9.17, 15) is 19.8 Å². The summed E-state index contributed by atoms with van der Waals surface area (Å²) in [6.45, 7) is 2.24. The number of nitrogens with one attached hydrogen (secondary N) is 1. The molecule has 3 N–H and O–H groups in total. The number of carboxylic acids is 2. The second-order valence-corrected chi connectivity index (χ2v) is 9.85. The zero-order valence-electron chi connectivity index (χ0n) is 16.5. The highest BCUT2D eigenvalue weighted by molar-refractivity contribution is 7.99. The molecule has 1 aliphatic carbocycles. The molecule has 1 aromatic rings. The number of piperidine rings is 1. The van der Waals surface area contributed by atoms with Gasteiger partial charge in [0.25, 0.3) is 0 Å². The van der Waals surface area contributed by atoms with Gasteiger partial charge in [0.15, 0.2) is 0 Å². The Morgan fingerprint density at radius 1 is 1.17 bits per heavy atom. The Labute approximate surface area is 173 Å². The van der Waals surface area contributed by atoms with Crippen LogP contribution in [0.1, 0.15) is 32.1 Å². The lowest BCUT2D eigenvalue weighted by atomic mass is 9.69. The average Bonchev–Trinajstić information content (AvgIpc) is 3.27. The van der Waals surface area contributed by atoms with Gasteiger partial charge < -0.3 is 15.5 Å². The number of aryl methyl sites for hydroxylation is 1. The molecule has 3 heterocycles. The first-order chi connectivity index (χ1) is 13.9. The standard InChI is InChI=1S/C18H28N6O4S/c1-23-21-18(20-22-23)29-13-6-15(17(27)28)24(9-13)8-10-2-3-11-7-19-14(16(25)26)5-12(11)4-10/h10-15,19H,2-9H2,1H3,(H,25,26)(H,27,28). The fourth-order valence-electron chi connectivity index (χ4n) is 5.22. The minimum absolute atomic E-state index is 0.131. The highest BCUT2D eigenvalue weighted by Crippen LogP contribution is 2.40. The van der Waals surface area contributed by atoms with Crippen molar-refractivity contribution in [3.63, 3.8) is 0 Å². The zero-order chi connectivity index (χ0) is 20.5. The van der Waals surface area contributed by atoms with Crippen LogP contribution in [0.15, 0.2) is 5.16 Å². The number of aliphatic carboxylic acids is 2. The maximum Gasteiger partial charge on any atom is 0.320 e. The van der Waals surface area contributed by atoms with Gasteiger partial charge in [-0.1, -0.05) is 11.8 Å². The van der Waals surface area contributed by atoms with E-state index < -0.39 is 24.0 Å². The van der Waals surface area contributed by atoms with Crippen molar-refractivity contribution in [3.05, 3.63) is 0 Å². The van der Waals surface area contributed by atoms with Crippen LogP contribution in [0, 0.1) is 17.8 Å². The number of hydrogen-bond acceptors (Lipinski definition) is 8. The first kappa shape index (κ1) is 20.5. The van der Waals surface area contributed by atoms with Crippen molar-refractivity contribution in [1.29, 1.82) is 0 Å². The lowest BCUT2D eigenvalue weighted by Gasteiger charge is -2.42. The maximum atomic E-state index is 11.8.